The maximum Gasteiger partial charge on any atom is 0.263 e. The number of amides is 1. The van der Waals surface area contributed by atoms with Gasteiger partial charge in [-0.3, -0.25) is 4.79 Å². The molecule has 1 N–H and O–H groups in total. The van der Waals surface area contributed by atoms with Crippen molar-refractivity contribution < 1.29 is 9.53 Å². The predicted molar refractivity (Wildman–Crippen MR) is 101 cm³/mol. The summed E-state index contributed by atoms with van der Waals surface area (Å²) in [7, 11) is 0. The Labute approximate surface area is 158 Å². The van der Waals surface area contributed by atoms with Crippen LogP contribution in [0.1, 0.15) is 32.4 Å². The summed E-state index contributed by atoms with van der Waals surface area (Å²) in [5.74, 6) is 1.10. The van der Waals surface area contributed by atoms with Gasteiger partial charge in [-0.1, -0.05) is 11.6 Å². The molecule has 138 valence electrons. The van der Waals surface area contributed by atoms with Crippen LogP contribution in [0, 0.1) is 0 Å². The van der Waals surface area contributed by atoms with Crippen LogP contribution in [0.4, 0.5) is 5.95 Å². The predicted octanol–water partition coefficient (Wildman–Crippen LogP) is 3.20. The lowest BCUT2D eigenvalue weighted by atomic mass is 10.1. The average molecular weight is 375 g/mol. The number of rotatable bonds is 6. The molecule has 6 nitrogen and oxygen atoms in total. The number of ether oxygens (including phenoxy) is 1. The topological polar surface area (TPSA) is 67.3 Å². The summed E-state index contributed by atoms with van der Waals surface area (Å²) in [6.07, 6.45) is 4.07. The lowest BCUT2D eigenvalue weighted by Gasteiger charge is -2.25. The first kappa shape index (κ1) is 18.5. The van der Waals surface area contributed by atoms with Gasteiger partial charge in [-0.25, -0.2) is 9.97 Å². The number of anilines is 1. The minimum Gasteiger partial charge on any atom is -0.478 e. The SMILES string of the molecule is CC(C)(Oc1ccc(Cl)cc1)C(=O)NCc1ccnc(N2CCCC2)n1. The number of halogens is 1. The molecule has 1 aliphatic heterocycles. The van der Waals surface area contributed by atoms with Gasteiger partial charge in [0.1, 0.15) is 5.75 Å². The van der Waals surface area contributed by atoms with Crippen LogP contribution in [0.5, 0.6) is 5.75 Å². The number of nitrogens with one attached hydrogen (secondary N) is 1. The molecule has 1 amide bonds. The molecule has 2 aromatic rings. The first-order valence-electron chi connectivity index (χ1n) is 8.74. The highest BCUT2D eigenvalue weighted by Gasteiger charge is 2.29. The number of nitrogens with zero attached hydrogens (tertiary/aromatic N) is 3. The molecule has 0 radical (unpaired) electrons. The fraction of sp³-hybridized carbons (Fsp3) is 0.421. The fourth-order valence-corrected chi connectivity index (χ4v) is 2.91. The molecule has 1 saturated heterocycles. The minimum atomic E-state index is -1.02. The van der Waals surface area contributed by atoms with Gasteiger partial charge in [0.15, 0.2) is 5.60 Å². The Morgan fingerprint density at radius 2 is 1.92 bits per heavy atom. The first-order valence-corrected chi connectivity index (χ1v) is 9.11. The molecular weight excluding hydrogens is 352 g/mol. The lowest BCUT2D eigenvalue weighted by Crippen LogP contribution is -2.46. The van der Waals surface area contributed by atoms with Crippen molar-refractivity contribution in [2.75, 3.05) is 18.0 Å². The molecule has 1 aromatic heterocycles. The second-order valence-electron chi connectivity index (χ2n) is 6.79. The van der Waals surface area contributed by atoms with E-state index in [2.05, 4.69) is 20.2 Å². The van der Waals surface area contributed by atoms with E-state index in [4.69, 9.17) is 16.3 Å². The van der Waals surface area contributed by atoms with Crippen molar-refractivity contribution in [1.29, 1.82) is 0 Å². The number of hydrogen-bond acceptors (Lipinski definition) is 5. The van der Waals surface area contributed by atoms with Crippen LogP contribution in [0.25, 0.3) is 0 Å². The number of carbonyl (C=O) groups excluding carboxylic acids is 1. The highest BCUT2D eigenvalue weighted by molar-refractivity contribution is 6.30. The van der Waals surface area contributed by atoms with Gasteiger partial charge >= 0.3 is 0 Å². The third-order valence-corrected chi connectivity index (χ3v) is 4.50. The van der Waals surface area contributed by atoms with Crippen molar-refractivity contribution in [3.8, 4) is 5.75 Å². The van der Waals surface area contributed by atoms with Gasteiger partial charge in [0.2, 0.25) is 5.95 Å². The van der Waals surface area contributed by atoms with E-state index in [0.717, 1.165) is 24.7 Å². The molecule has 26 heavy (non-hydrogen) atoms. The number of aromatic nitrogens is 2. The van der Waals surface area contributed by atoms with Gasteiger partial charge in [0.05, 0.1) is 12.2 Å². The number of benzene rings is 1. The Balaban J connectivity index is 1.58. The highest BCUT2D eigenvalue weighted by atomic mass is 35.5. The summed E-state index contributed by atoms with van der Waals surface area (Å²) >= 11 is 5.87. The molecule has 1 fully saturated rings. The summed E-state index contributed by atoms with van der Waals surface area (Å²) in [5, 5.41) is 3.51. The van der Waals surface area contributed by atoms with Crippen LogP contribution in [-0.4, -0.2) is 34.6 Å². The van der Waals surface area contributed by atoms with E-state index in [9.17, 15) is 4.79 Å². The van der Waals surface area contributed by atoms with E-state index in [0.29, 0.717) is 17.3 Å². The maximum absolute atomic E-state index is 12.5. The van der Waals surface area contributed by atoms with E-state index < -0.39 is 5.60 Å². The maximum atomic E-state index is 12.5. The molecular formula is C19H23ClN4O2. The van der Waals surface area contributed by atoms with Crippen molar-refractivity contribution in [3.05, 3.63) is 47.2 Å². The normalized spacial score (nSPS) is 14.3. The summed E-state index contributed by atoms with van der Waals surface area (Å²) in [6, 6.07) is 8.75. The second kappa shape index (κ2) is 7.91. The Morgan fingerprint density at radius 3 is 2.62 bits per heavy atom. The molecule has 2 heterocycles. The smallest absolute Gasteiger partial charge is 0.263 e. The van der Waals surface area contributed by atoms with Gasteiger partial charge < -0.3 is 15.0 Å². The molecule has 1 aliphatic rings. The zero-order valence-corrected chi connectivity index (χ0v) is 15.8. The molecule has 7 heteroatoms. The number of carbonyl (C=O) groups is 1. The van der Waals surface area contributed by atoms with Gasteiger partial charge in [-0.15, -0.1) is 0 Å². The van der Waals surface area contributed by atoms with E-state index in [-0.39, 0.29) is 5.91 Å². The van der Waals surface area contributed by atoms with Crippen molar-refractivity contribution in [2.45, 2.75) is 38.8 Å². The van der Waals surface area contributed by atoms with Gasteiger partial charge in [-0.2, -0.15) is 0 Å². The number of hydrogen-bond donors (Lipinski definition) is 1. The molecule has 0 saturated carbocycles. The monoisotopic (exact) mass is 374 g/mol. The van der Waals surface area contributed by atoms with E-state index in [1.807, 2.05) is 6.07 Å². The van der Waals surface area contributed by atoms with Crippen LogP contribution in [0.15, 0.2) is 36.5 Å². The third kappa shape index (κ3) is 4.64. The Bertz CT molecular complexity index is 758. The summed E-state index contributed by atoms with van der Waals surface area (Å²) in [5.41, 5.74) is -0.240. The molecule has 0 aliphatic carbocycles. The van der Waals surface area contributed by atoms with E-state index >= 15 is 0 Å². The summed E-state index contributed by atoms with van der Waals surface area (Å²) in [6.45, 7) is 5.75. The zero-order valence-electron chi connectivity index (χ0n) is 15.0. The third-order valence-electron chi connectivity index (χ3n) is 4.25. The standard InChI is InChI=1S/C19H23ClN4O2/c1-19(2,26-16-7-5-14(20)6-8-16)17(25)22-13-15-9-10-21-18(23-15)24-11-3-4-12-24/h5-10H,3-4,11-13H2,1-2H3,(H,22,25). The van der Waals surface area contributed by atoms with Gasteiger partial charge in [0.25, 0.3) is 5.91 Å². The molecule has 1 aromatic carbocycles. The Hall–Kier alpha value is -2.34. The zero-order chi connectivity index (χ0) is 18.6. The summed E-state index contributed by atoms with van der Waals surface area (Å²) in [4.78, 5) is 23.6. The summed E-state index contributed by atoms with van der Waals surface area (Å²) < 4.78 is 5.80. The highest BCUT2D eigenvalue weighted by Crippen LogP contribution is 2.21. The lowest BCUT2D eigenvalue weighted by molar-refractivity contribution is -0.134. The average Bonchev–Trinajstić information content (AvgIpc) is 3.16. The van der Waals surface area contributed by atoms with Crippen LogP contribution in [-0.2, 0) is 11.3 Å². The van der Waals surface area contributed by atoms with Crippen LogP contribution < -0.4 is 15.0 Å². The van der Waals surface area contributed by atoms with Crippen molar-refractivity contribution >= 4 is 23.5 Å². The fourth-order valence-electron chi connectivity index (χ4n) is 2.78. The van der Waals surface area contributed by atoms with Crippen LogP contribution in [0.3, 0.4) is 0 Å². The van der Waals surface area contributed by atoms with Crippen molar-refractivity contribution in [1.82, 2.24) is 15.3 Å². The van der Waals surface area contributed by atoms with Crippen LogP contribution in [0.2, 0.25) is 5.02 Å². The molecule has 0 bridgehead atoms. The second-order valence-corrected chi connectivity index (χ2v) is 7.23. The first-order chi connectivity index (χ1) is 12.4. The quantitative estimate of drug-likeness (QED) is 0.840. The van der Waals surface area contributed by atoms with Crippen molar-refractivity contribution in [2.24, 2.45) is 0 Å². The van der Waals surface area contributed by atoms with E-state index in [1.165, 1.54) is 12.8 Å². The van der Waals surface area contributed by atoms with Gasteiger partial charge in [-0.05, 0) is 57.0 Å². The van der Waals surface area contributed by atoms with Crippen LogP contribution >= 0.6 is 11.6 Å². The van der Waals surface area contributed by atoms with Gasteiger partial charge in [0, 0.05) is 24.3 Å². The minimum absolute atomic E-state index is 0.214. The Morgan fingerprint density at radius 1 is 1.23 bits per heavy atom. The van der Waals surface area contributed by atoms with Crippen molar-refractivity contribution in [3.63, 3.8) is 0 Å². The molecule has 3 rings (SSSR count). The largest absolute Gasteiger partial charge is 0.478 e. The molecule has 0 spiro atoms. The molecule has 0 atom stereocenters. The van der Waals surface area contributed by atoms with E-state index in [1.54, 1.807) is 44.3 Å². The Kier molecular flexibility index (Phi) is 5.61. The molecule has 0 unspecified atom stereocenters.